The molecular formula is C12H16F3NO2S. The summed E-state index contributed by atoms with van der Waals surface area (Å²) in [5.74, 6) is 0.894. The zero-order valence-electron chi connectivity index (χ0n) is 10.3. The number of hydroxylamine groups is 1. The van der Waals surface area contributed by atoms with Gasteiger partial charge in [-0.2, -0.15) is 13.2 Å². The molecule has 4 rings (SSSR count). The standard InChI is InChI=1S/C12H16F3NO2S/c13-12(14,15)19-16(18)10(17)6-11-4-7-1-8(5-11)3-9(11)2-7/h7-9,16H,1-6H2. The van der Waals surface area contributed by atoms with Crippen molar-refractivity contribution in [3.05, 3.63) is 5.21 Å². The molecule has 0 radical (unpaired) electrons. The summed E-state index contributed by atoms with van der Waals surface area (Å²) in [6, 6.07) is 0. The van der Waals surface area contributed by atoms with E-state index in [0.717, 1.165) is 25.7 Å². The summed E-state index contributed by atoms with van der Waals surface area (Å²) in [5.41, 5.74) is -4.80. The molecule has 0 aliphatic heterocycles. The minimum atomic E-state index is -4.66. The third-order valence-electron chi connectivity index (χ3n) is 5.11. The average Bonchev–Trinajstić information content (AvgIpc) is 2.60. The summed E-state index contributed by atoms with van der Waals surface area (Å²) in [7, 11) is 0. The van der Waals surface area contributed by atoms with Crippen molar-refractivity contribution in [3.8, 4) is 0 Å². The number of hydrogen-bond acceptors (Lipinski definition) is 3. The predicted octanol–water partition coefficient (Wildman–Crippen LogP) is 2.28. The van der Waals surface area contributed by atoms with Gasteiger partial charge in [-0.25, -0.2) is 9.26 Å². The van der Waals surface area contributed by atoms with Crippen LogP contribution in [-0.4, -0.2) is 11.4 Å². The average molecular weight is 295 g/mol. The first-order valence-corrected chi connectivity index (χ1v) is 7.42. The molecule has 1 amide bonds. The fourth-order valence-corrected chi connectivity index (χ4v) is 5.20. The van der Waals surface area contributed by atoms with Crippen LogP contribution in [0.5, 0.6) is 0 Å². The van der Waals surface area contributed by atoms with Crippen LogP contribution in [0.2, 0.25) is 0 Å². The fraction of sp³-hybridized carbons (Fsp3) is 0.917. The smallest absolute Gasteiger partial charge is 0.497 e. The van der Waals surface area contributed by atoms with Gasteiger partial charge in [0.15, 0.2) is 11.9 Å². The van der Waals surface area contributed by atoms with Crippen LogP contribution in [0.3, 0.4) is 0 Å². The number of carbonyl (C=O) groups is 1. The van der Waals surface area contributed by atoms with Gasteiger partial charge >= 0.3 is 11.4 Å². The summed E-state index contributed by atoms with van der Waals surface area (Å²) in [5, 5.41) is 11.3. The highest BCUT2D eigenvalue weighted by Crippen LogP contribution is 2.66. The molecule has 19 heavy (non-hydrogen) atoms. The molecule has 0 aromatic rings. The second-order valence-corrected chi connectivity index (χ2v) is 7.38. The number of alkyl halides is 3. The largest absolute Gasteiger partial charge is 0.614 e. The molecule has 4 saturated carbocycles. The molecule has 108 valence electrons. The summed E-state index contributed by atoms with van der Waals surface area (Å²) in [4.78, 5) is 11.8. The van der Waals surface area contributed by atoms with Crippen LogP contribution in [-0.2, 0) is 4.79 Å². The summed E-state index contributed by atoms with van der Waals surface area (Å²) in [6.07, 6.45) is 5.31. The monoisotopic (exact) mass is 295 g/mol. The molecule has 0 aromatic heterocycles. The Kier molecular flexibility index (Phi) is 3.15. The Balaban J connectivity index is 1.64. The van der Waals surface area contributed by atoms with Gasteiger partial charge in [-0.05, 0) is 55.3 Å². The molecule has 1 N–H and O–H groups in total. The van der Waals surface area contributed by atoms with Crippen LogP contribution in [0.15, 0.2) is 0 Å². The van der Waals surface area contributed by atoms with Gasteiger partial charge in [-0.15, -0.1) is 0 Å². The van der Waals surface area contributed by atoms with Crippen LogP contribution >= 0.6 is 11.9 Å². The zero-order valence-corrected chi connectivity index (χ0v) is 11.1. The van der Waals surface area contributed by atoms with Crippen molar-refractivity contribution in [2.75, 3.05) is 0 Å². The number of halogens is 3. The summed E-state index contributed by atoms with van der Waals surface area (Å²) < 4.78 is 35.0. The molecule has 4 bridgehead atoms. The topological polar surface area (TPSA) is 44.6 Å². The Morgan fingerprint density at radius 2 is 1.84 bits per heavy atom. The van der Waals surface area contributed by atoms with Gasteiger partial charge in [-0.1, -0.05) is 0 Å². The highest BCUT2D eigenvalue weighted by molar-refractivity contribution is 7.94. The molecule has 0 spiro atoms. The number of quaternary nitrogens is 1. The minimum absolute atomic E-state index is 0.0343. The van der Waals surface area contributed by atoms with Crippen molar-refractivity contribution in [1.29, 1.82) is 0 Å². The Morgan fingerprint density at radius 1 is 1.26 bits per heavy atom. The van der Waals surface area contributed by atoms with Crippen LogP contribution in [0, 0.1) is 28.4 Å². The number of carbonyl (C=O) groups excluding carboxylic acids is 1. The van der Waals surface area contributed by atoms with Gasteiger partial charge in [0.25, 0.3) is 0 Å². The van der Waals surface area contributed by atoms with Crippen molar-refractivity contribution in [1.82, 2.24) is 0 Å². The minimum Gasteiger partial charge on any atom is -0.614 e. The number of rotatable bonds is 3. The number of hydrogen-bond donors (Lipinski definition) is 1. The highest BCUT2D eigenvalue weighted by Gasteiger charge is 2.58. The molecule has 7 heteroatoms. The number of nitrogens with one attached hydrogen (secondary N) is 1. The van der Waals surface area contributed by atoms with E-state index < -0.39 is 27.8 Å². The van der Waals surface area contributed by atoms with Gasteiger partial charge < -0.3 is 5.21 Å². The summed E-state index contributed by atoms with van der Waals surface area (Å²) >= 11 is -0.797. The van der Waals surface area contributed by atoms with Crippen LogP contribution in [0.4, 0.5) is 13.2 Å². The van der Waals surface area contributed by atoms with Crippen LogP contribution < -0.4 is 4.47 Å². The maximum Gasteiger partial charge on any atom is 0.497 e. The molecule has 3 unspecified atom stereocenters. The SMILES string of the molecule is O=C(CC12CC3CC(CC1C3)C2)[NH+]([O-])SC(F)(F)F. The van der Waals surface area contributed by atoms with Crippen molar-refractivity contribution in [3.63, 3.8) is 0 Å². The van der Waals surface area contributed by atoms with Crippen LogP contribution in [0.25, 0.3) is 0 Å². The third-order valence-corrected chi connectivity index (χ3v) is 5.75. The van der Waals surface area contributed by atoms with E-state index in [1.54, 1.807) is 0 Å². The normalized spacial score (nSPS) is 41.8. The molecule has 4 fully saturated rings. The molecule has 4 aliphatic rings. The lowest BCUT2D eigenvalue weighted by Gasteiger charge is -2.32. The van der Waals surface area contributed by atoms with E-state index in [9.17, 15) is 23.2 Å². The molecular weight excluding hydrogens is 279 g/mol. The molecule has 3 atom stereocenters. The Bertz CT molecular complexity index is 387. The molecule has 0 heterocycles. The van der Waals surface area contributed by atoms with E-state index in [1.807, 2.05) is 0 Å². The lowest BCUT2D eigenvalue weighted by molar-refractivity contribution is -0.610. The molecule has 0 saturated heterocycles. The van der Waals surface area contributed by atoms with Gasteiger partial charge in [0.2, 0.25) is 0 Å². The molecule has 4 aliphatic carbocycles. The second-order valence-electron chi connectivity index (χ2n) is 6.34. The second kappa shape index (κ2) is 4.36. The Labute approximate surface area is 113 Å². The molecule has 3 nitrogen and oxygen atoms in total. The van der Waals surface area contributed by atoms with Crippen molar-refractivity contribution >= 4 is 17.9 Å². The van der Waals surface area contributed by atoms with Gasteiger partial charge in [0, 0.05) is 0 Å². The van der Waals surface area contributed by atoms with E-state index in [2.05, 4.69) is 0 Å². The highest BCUT2D eigenvalue weighted by atomic mass is 32.2. The Morgan fingerprint density at radius 3 is 2.37 bits per heavy atom. The zero-order chi connectivity index (χ0) is 13.8. The van der Waals surface area contributed by atoms with Crippen molar-refractivity contribution < 1.29 is 22.4 Å². The predicted molar refractivity (Wildman–Crippen MR) is 63.6 cm³/mol. The first kappa shape index (κ1) is 13.7. The first-order valence-electron chi connectivity index (χ1n) is 6.60. The number of amides is 1. The van der Waals surface area contributed by atoms with E-state index in [4.69, 9.17) is 0 Å². The molecule has 0 aromatic carbocycles. The lowest BCUT2D eigenvalue weighted by Crippen LogP contribution is -3.04. The quantitative estimate of drug-likeness (QED) is 0.642. The van der Waals surface area contributed by atoms with E-state index >= 15 is 0 Å². The van der Waals surface area contributed by atoms with E-state index in [-0.39, 0.29) is 11.8 Å². The first-order chi connectivity index (χ1) is 8.77. The van der Waals surface area contributed by atoms with Gasteiger partial charge in [0.05, 0.1) is 6.42 Å². The van der Waals surface area contributed by atoms with Gasteiger partial charge in [-0.3, -0.25) is 0 Å². The summed E-state index contributed by atoms with van der Waals surface area (Å²) in [6.45, 7) is 0. The Hall–Kier alpha value is -0.270. The lowest BCUT2D eigenvalue weighted by atomic mass is 9.73. The van der Waals surface area contributed by atoms with Crippen LogP contribution in [0.1, 0.15) is 38.5 Å². The van der Waals surface area contributed by atoms with Gasteiger partial charge in [0.1, 0.15) is 0 Å². The van der Waals surface area contributed by atoms with E-state index in [1.165, 1.54) is 6.42 Å². The van der Waals surface area contributed by atoms with Crippen molar-refractivity contribution in [2.24, 2.45) is 23.2 Å². The fourth-order valence-electron chi connectivity index (χ4n) is 4.81. The van der Waals surface area contributed by atoms with E-state index in [0.29, 0.717) is 17.8 Å². The maximum atomic E-state index is 12.1. The van der Waals surface area contributed by atoms with Crippen molar-refractivity contribution in [2.45, 2.75) is 44.0 Å². The third kappa shape index (κ3) is 2.52. The maximum absolute atomic E-state index is 12.1.